The van der Waals surface area contributed by atoms with Crippen molar-refractivity contribution < 1.29 is 14.5 Å². The minimum atomic E-state index is -0.483. The molecule has 7 nitrogen and oxygen atoms in total. The molecule has 3 rings (SSSR count). The van der Waals surface area contributed by atoms with E-state index in [9.17, 15) is 14.9 Å². The van der Waals surface area contributed by atoms with Crippen molar-refractivity contribution in [1.29, 1.82) is 0 Å². The van der Waals surface area contributed by atoms with Gasteiger partial charge in [-0.2, -0.15) is 0 Å². The summed E-state index contributed by atoms with van der Waals surface area (Å²) in [7, 11) is 0. The molecule has 0 atom stereocenters. The monoisotopic (exact) mass is 383 g/mol. The van der Waals surface area contributed by atoms with Gasteiger partial charge in [-0.1, -0.05) is 23.7 Å². The maximum Gasteiger partial charge on any atom is 0.269 e. The van der Waals surface area contributed by atoms with Gasteiger partial charge in [0.05, 0.1) is 23.2 Å². The van der Waals surface area contributed by atoms with Crippen LogP contribution >= 0.6 is 11.6 Å². The number of hydrogen-bond donors (Lipinski definition) is 1. The van der Waals surface area contributed by atoms with Crippen molar-refractivity contribution in [3.63, 3.8) is 0 Å². The van der Waals surface area contributed by atoms with Crippen LogP contribution in [-0.2, 0) is 11.2 Å². The van der Waals surface area contributed by atoms with Crippen molar-refractivity contribution in [2.24, 2.45) is 0 Å². The number of carbonyl (C=O) groups is 1. The standard InChI is InChI=1S/C19H14ClN3O4/c20-14-3-8-17(9-4-14)27-19-10-5-15(12-21-19)22-18(24)11-13-1-6-16(7-2-13)23(25)26/h1-10,12H,11H2,(H,22,24). The van der Waals surface area contributed by atoms with E-state index < -0.39 is 4.92 Å². The molecule has 0 fully saturated rings. The van der Waals surface area contributed by atoms with Crippen LogP contribution in [0.3, 0.4) is 0 Å². The number of hydrogen-bond acceptors (Lipinski definition) is 5. The molecule has 3 aromatic rings. The number of nitro groups is 1. The molecule has 0 saturated carbocycles. The lowest BCUT2D eigenvalue weighted by Gasteiger charge is -2.07. The topological polar surface area (TPSA) is 94.4 Å². The first-order chi connectivity index (χ1) is 13.0. The maximum atomic E-state index is 12.1. The van der Waals surface area contributed by atoms with Crippen molar-refractivity contribution in [3.05, 3.63) is 87.6 Å². The van der Waals surface area contributed by atoms with Crippen LogP contribution in [0.4, 0.5) is 11.4 Å². The smallest absolute Gasteiger partial charge is 0.269 e. The summed E-state index contributed by atoms with van der Waals surface area (Å²) in [5.41, 5.74) is 1.18. The van der Waals surface area contributed by atoms with E-state index in [1.165, 1.54) is 18.3 Å². The second-order valence-corrected chi connectivity index (χ2v) is 6.03. The molecule has 0 aliphatic heterocycles. The summed E-state index contributed by atoms with van der Waals surface area (Å²) in [5, 5.41) is 14.0. The van der Waals surface area contributed by atoms with Crippen LogP contribution in [0.5, 0.6) is 11.6 Å². The molecule has 1 aromatic heterocycles. The average Bonchev–Trinajstić information content (AvgIpc) is 2.65. The molecular formula is C19H14ClN3O4. The highest BCUT2D eigenvalue weighted by Gasteiger charge is 2.08. The molecule has 1 amide bonds. The van der Waals surface area contributed by atoms with Gasteiger partial charge in [-0.3, -0.25) is 14.9 Å². The molecule has 8 heteroatoms. The summed E-state index contributed by atoms with van der Waals surface area (Å²) in [4.78, 5) is 26.4. The number of carbonyl (C=O) groups excluding carboxylic acids is 1. The number of ether oxygens (including phenoxy) is 1. The van der Waals surface area contributed by atoms with Gasteiger partial charge in [0.15, 0.2) is 0 Å². The van der Waals surface area contributed by atoms with E-state index in [2.05, 4.69) is 10.3 Å². The van der Waals surface area contributed by atoms with Crippen molar-refractivity contribution in [2.45, 2.75) is 6.42 Å². The van der Waals surface area contributed by atoms with Crippen LogP contribution in [0.15, 0.2) is 66.9 Å². The third kappa shape index (κ3) is 5.26. The van der Waals surface area contributed by atoms with E-state index >= 15 is 0 Å². The van der Waals surface area contributed by atoms with Gasteiger partial charge in [-0.05, 0) is 35.9 Å². The predicted molar refractivity (Wildman–Crippen MR) is 101 cm³/mol. The van der Waals surface area contributed by atoms with Gasteiger partial charge in [0.2, 0.25) is 11.8 Å². The first kappa shape index (κ1) is 18.3. The highest BCUT2D eigenvalue weighted by molar-refractivity contribution is 6.30. The molecule has 2 aromatic carbocycles. The van der Waals surface area contributed by atoms with Crippen LogP contribution in [-0.4, -0.2) is 15.8 Å². The number of halogens is 1. The quantitative estimate of drug-likeness (QED) is 0.495. The molecule has 0 spiro atoms. The number of anilines is 1. The van der Waals surface area contributed by atoms with Gasteiger partial charge >= 0.3 is 0 Å². The molecule has 1 N–H and O–H groups in total. The Hall–Kier alpha value is -3.45. The number of rotatable bonds is 6. The number of nitro benzene ring substituents is 1. The molecule has 1 heterocycles. The van der Waals surface area contributed by atoms with E-state index in [0.717, 1.165) is 0 Å². The second-order valence-electron chi connectivity index (χ2n) is 5.59. The zero-order valence-electron chi connectivity index (χ0n) is 14.0. The first-order valence-electron chi connectivity index (χ1n) is 7.92. The van der Waals surface area contributed by atoms with E-state index in [1.807, 2.05) is 0 Å². The summed E-state index contributed by atoms with van der Waals surface area (Å²) in [6.45, 7) is 0. The van der Waals surface area contributed by atoms with Gasteiger partial charge in [-0.15, -0.1) is 0 Å². The highest BCUT2D eigenvalue weighted by atomic mass is 35.5. The van der Waals surface area contributed by atoms with Crippen LogP contribution < -0.4 is 10.1 Å². The van der Waals surface area contributed by atoms with E-state index in [4.69, 9.17) is 16.3 Å². The molecule has 0 radical (unpaired) electrons. The number of non-ortho nitro benzene ring substituents is 1. The fourth-order valence-electron chi connectivity index (χ4n) is 2.26. The molecule has 0 aliphatic rings. The Morgan fingerprint density at radius 2 is 1.78 bits per heavy atom. The Morgan fingerprint density at radius 3 is 2.37 bits per heavy atom. The van der Waals surface area contributed by atoms with Gasteiger partial charge in [0, 0.05) is 23.2 Å². The zero-order chi connectivity index (χ0) is 19.2. The largest absolute Gasteiger partial charge is 0.439 e. The average molecular weight is 384 g/mol. The number of pyridine rings is 1. The fraction of sp³-hybridized carbons (Fsp3) is 0.0526. The number of nitrogens with zero attached hydrogens (tertiary/aromatic N) is 2. The first-order valence-corrected chi connectivity index (χ1v) is 8.30. The number of aromatic nitrogens is 1. The van der Waals surface area contributed by atoms with E-state index in [0.29, 0.717) is 27.9 Å². The Kier molecular flexibility index (Phi) is 5.63. The van der Waals surface area contributed by atoms with Gasteiger partial charge in [0.1, 0.15) is 5.75 Å². The van der Waals surface area contributed by atoms with E-state index in [1.54, 1.807) is 48.5 Å². The summed E-state index contributed by atoms with van der Waals surface area (Å²) in [6, 6.07) is 16.0. The summed E-state index contributed by atoms with van der Waals surface area (Å²) in [6.07, 6.45) is 1.58. The molecular weight excluding hydrogens is 370 g/mol. The van der Waals surface area contributed by atoms with E-state index in [-0.39, 0.29) is 18.0 Å². The van der Waals surface area contributed by atoms with Crippen LogP contribution in [0.25, 0.3) is 0 Å². The fourth-order valence-corrected chi connectivity index (χ4v) is 2.39. The minimum absolute atomic E-state index is 0.0142. The molecule has 136 valence electrons. The Balaban J connectivity index is 1.56. The second kappa shape index (κ2) is 8.29. The summed E-state index contributed by atoms with van der Waals surface area (Å²) in [5.74, 6) is 0.726. The molecule has 0 aliphatic carbocycles. The maximum absolute atomic E-state index is 12.1. The minimum Gasteiger partial charge on any atom is -0.439 e. The van der Waals surface area contributed by atoms with Gasteiger partial charge in [0.25, 0.3) is 5.69 Å². The molecule has 0 unspecified atom stereocenters. The lowest BCUT2D eigenvalue weighted by atomic mass is 10.1. The summed E-state index contributed by atoms with van der Waals surface area (Å²) < 4.78 is 5.58. The SMILES string of the molecule is O=C(Cc1ccc([N+](=O)[O-])cc1)Nc1ccc(Oc2ccc(Cl)cc2)nc1. The lowest BCUT2D eigenvalue weighted by molar-refractivity contribution is -0.384. The zero-order valence-corrected chi connectivity index (χ0v) is 14.7. The Bertz CT molecular complexity index is 942. The third-order valence-corrected chi connectivity index (χ3v) is 3.82. The lowest BCUT2D eigenvalue weighted by Crippen LogP contribution is -2.14. The van der Waals surface area contributed by atoms with Crippen LogP contribution in [0.1, 0.15) is 5.56 Å². The Labute approximate surface area is 159 Å². The van der Waals surface area contributed by atoms with Crippen LogP contribution in [0.2, 0.25) is 5.02 Å². The van der Waals surface area contributed by atoms with Crippen molar-refractivity contribution >= 4 is 28.9 Å². The highest BCUT2D eigenvalue weighted by Crippen LogP contribution is 2.22. The summed E-state index contributed by atoms with van der Waals surface area (Å²) >= 11 is 5.82. The predicted octanol–water partition coefficient (Wildman–Crippen LogP) is 4.62. The molecule has 27 heavy (non-hydrogen) atoms. The number of benzene rings is 2. The number of amides is 1. The number of nitrogens with one attached hydrogen (secondary N) is 1. The normalized spacial score (nSPS) is 10.3. The molecule has 0 bridgehead atoms. The molecule has 0 saturated heterocycles. The Morgan fingerprint density at radius 1 is 1.07 bits per heavy atom. The van der Waals surface area contributed by atoms with Gasteiger partial charge in [-0.25, -0.2) is 4.98 Å². The van der Waals surface area contributed by atoms with Crippen molar-refractivity contribution in [3.8, 4) is 11.6 Å². The van der Waals surface area contributed by atoms with Crippen molar-refractivity contribution in [2.75, 3.05) is 5.32 Å². The van der Waals surface area contributed by atoms with Crippen molar-refractivity contribution in [1.82, 2.24) is 4.98 Å². The third-order valence-electron chi connectivity index (χ3n) is 3.57. The van der Waals surface area contributed by atoms with Gasteiger partial charge < -0.3 is 10.1 Å². The van der Waals surface area contributed by atoms with Crippen LogP contribution in [0, 0.1) is 10.1 Å².